The Morgan fingerprint density at radius 1 is 1.11 bits per heavy atom. The third-order valence-corrected chi connectivity index (χ3v) is 7.17. The molecule has 2 heterocycles. The van der Waals surface area contributed by atoms with Gasteiger partial charge in [-0.1, -0.05) is 43.3 Å². The normalized spacial score (nSPS) is 15.7. The minimum absolute atomic E-state index is 0.153. The first-order chi connectivity index (χ1) is 17.8. The van der Waals surface area contributed by atoms with E-state index in [2.05, 4.69) is 12.2 Å². The van der Waals surface area contributed by atoms with Gasteiger partial charge in [-0.05, 0) is 62.8 Å². The molecule has 2 aromatic carbocycles. The largest absolute Gasteiger partial charge is 0.449 e. The highest BCUT2D eigenvalue weighted by molar-refractivity contribution is 6.06. The fourth-order valence-corrected chi connectivity index (χ4v) is 5.01. The summed E-state index contributed by atoms with van der Waals surface area (Å²) in [4.78, 5) is 44.5. The highest BCUT2D eigenvalue weighted by Crippen LogP contribution is 2.32. The van der Waals surface area contributed by atoms with E-state index in [1.54, 1.807) is 18.7 Å². The predicted octanol–water partition coefficient (Wildman–Crippen LogP) is 4.34. The molecule has 5 rings (SSSR count). The molecule has 37 heavy (non-hydrogen) atoms. The van der Waals surface area contributed by atoms with Crippen molar-refractivity contribution >= 4 is 28.5 Å². The molecule has 0 saturated carbocycles. The van der Waals surface area contributed by atoms with Crippen LogP contribution in [-0.2, 0) is 29.4 Å². The lowest BCUT2D eigenvalue weighted by Gasteiger charge is -2.24. The number of rotatable bonds is 5. The number of hydrogen-bond donors (Lipinski definition) is 1. The Labute approximate surface area is 214 Å². The van der Waals surface area contributed by atoms with E-state index in [1.165, 1.54) is 11.6 Å². The number of anilines is 1. The van der Waals surface area contributed by atoms with Gasteiger partial charge in [-0.25, -0.2) is 9.48 Å². The monoisotopic (exact) mass is 498 g/mol. The van der Waals surface area contributed by atoms with Gasteiger partial charge in [0.1, 0.15) is 5.69 Å². The molecular formula is C29H30N4O4. The second-order valence-electron chi connectivity index (χ2n) is 9.75. The van der Waals surface area contributed by atoms with Gasteiger partial charge in [-0.3, -0.25) is 19.3 Å². The van der Waals surface area contributed by atoms with Crippen molar-refractivity contribution in [2.45, 2.75) is 46.1 Å². The number of amides is 1. The maximum atomic E-state index is 13.5. The average Bonchev–Trinajstić information content (AvgIpc) is 3.10. The van der Waals surface area contributed by atoms with Gasteiger partial charge >= 0.3 is 5.97 Å². The zero-order valence-corrected chi connectivity index (χ0v) is 21.4. The molecule has 8 heteroatoms. The van der Waals surface area contributed by atoms with Crippen molar-refractivity contribution in [3.05, 3.63) is 87.5 Å². The smallest absolute Gasteiger partial charge is 0.339 e. The lowest BCUT2D eigenvalue weighted by Crippen LogP contribution is -2.32. The minimum Gasteiger partial charge on any atom is -0.449 e. The first kappa shape index (κ1) is 24.5. The second kappa shape index (κ2) is 9.69. The summed E-state index contributed by atoms with van der Waals surface area (Å²) in [6, 6.07) is 16.7. The number of carbonyl (C=O) groups is 2. The van der Waals surface area contributed by atoms with Gasteiger partial charge < -0.3 is 10.1 Å². The molecule has 1 amide bonds. The van der Waals surface area contributed by atoms with Crippen LogP contribution in [0.2, 0.25) is 0 Å². The van der Waals surface area contributed by atoms with Crippen LogP contribution >= 0.6 is 0 Å². The van der Waals surface area contributed by atoms with Gasteiger partial charge in [0, 0.05) is 18.1 Å². The molecule has 190 valence electrons. The Kier molecular flexibility index (Phi) is 6.41. The van der Waals surface area contributed by atoms with E-state index in [1.807, 2.05) is 54.6 Å². The molecule has 0 radical (unpaired) electrons. The lowest BCUT2D eigenvalue weighted by molar-refractivity contribution is -0.123. The molecule has 8 nitrogen and oxygen atoms in total. The molecule has 1 aliphatic carbocycles. The first-order valence-corrected chi connectivity index (χ1v) is 12.5. The number of carbonyl (C=O) groups excluding carboxylic acids is 2. The Bertz CT molecular complexity index is 1570. The van der Waals surface area contributed by atoms with Gasteiger partial charge in [-0.15, -0.1) is 0 Å². The van der Waals surface area contributed by atoms with Crippen molar-refractivity contribution in [1.29, 1.82) is 0 Å². The van der Waals surface area contributed by atoms with Gasteiger partial charge in [0.05, 0.1) is 22.5 Å². The van der Waals surface area contributed by atoms with Crippen LogP contribution in [0, 0.1) is 12.8 Å². The van der Waals surface area contributed by atoms with Crippen molar-refractivity contribution in [2.24, 2.45) is 13.0 Å². The molecule has 4 aromatic rings. The van der Waals surface area contributed by atoms with Crippen LogP contribution < -0.4 is 10.9 Å². The summed E-state index contributed by atoms with van der Waals surface area (Å²) in [5, 5.41) is 3.41. The van der Waals surface area contributed by atoms with Crippen LogP contribution in [0.15, 0.2) is 59.4 Å². The molecule has 0 bridgehead atoms. The number of nitrogens with zero attached hydrogens (tertiary/aromatic N) is 3. The molecule has 2 aromatic heterocycles. The molecule has 1 N–H and O–H groups in total. The third kappa shape index (κ3) is 4.43. The number of pyridine rings is 1. The number of fused-ring (bicyclic) bond motifs is 2. The average molecular weight is 499 g/mol. The number of esters is 1. The molecule has 0 spiro atoms. The summed E-state index contributed by atoms with van der Waals surface area (Å²) in [6.07, 6.45) is 1.45. The van der Waals surface area contributed by atoms with Crippen LogP contribution in [0.1, 0.15) is 47.6 Å². The number of benzene rings is 2. The summed E-state index contributed by atoms with van der Waals surface area (Å²) in [6.45, 7) is 5.43. The number of nitrogens with one attached hydrogen (secondary N) is 1. The zero-order chi connectivity index (χ0) is 26.3. The number of aryl methyl sites for hydroxylation is 1. The molecule has 0 unspecified atom stereocenters. The topological polar surface area (TPSA) is 95.2 Å². The maximum Gasteiger partial charge on any atom is 0.339 e. The van der Waals surface area contributed by atoms with Crippen molar-refractivity contribution in [1.82, 2.24) is 14.3 Å². The Morgan fingerprint density at radius 2 is 1.81 bits per heavy atom. The zero-order valence-electron chi connectivity index (χ0n) is 21.4. The van der Waals surface area contributed by atoms with Crippen LogP contribution in [-0.4, -0.2) is 32.3 Å². The summed E-state index contributed by atoms with van der Waals surface area (Å²) < 4.78 is 8.85. The van der Waals surface area contributed by atoms with Crippen molar-refractivity contribution in [3.63, 3.8) is 0 Å². The standard InChI is InChI=1S/C29H30N4O4/c1-17-14-15-24-22(16-17)25(21-12-8-9-13-23(21)30-24)29(36)37-19(3)27(34)31-26-18(2)32(4)33(28(26)35)20-10-6-5-7-11-20/h5-13,17,19H,14-16H2,1-4H3,(H,31,34)/t17-,19+/m1/s1. The quantitative estimate of drug-likeness (QED) is 0.413. The van der Waals surface area contributed by atoms with Crippen molar-refractivity contribution < 1.29 is 14.3 Å². The predicted molar refractivity (Wildman–Crippen MR) is 142 cm³/mol. The first-order valence-electron chi connectivity index (χ1n) is 12.5. The summed E-state index contributed by atoms with van der Waals surface area (Å²) >= 11 is 0. The fraction of sp³-hybridized carbons (Fsp3) is 0.310. The summed E-state index contributed by atoms with van der Waals surface area (Å²) in [7, 11) is 1.75. The summed E-state index contributed by atoms with van der Waals surface area (Å²) in [5.74, 6) is -0.700. The van der Waals surface area contributed by atoms with E-state index in [9.17, 15) is 14.4 Å². The van der Waals surface area contributed by atoms with Crippen LogP contribution in [0.25, 0.3) is 16.6 Å². The van der Waals surface area contributed by atoms with E-state index in [0.29, 0.717) is 22.9 Å². The molecule has 0 saturated heterocycles. The summed E-state index contributed by atoms with van der Waals surface area (Å²) in [5.41, 5.74) is 4.10. The van der Waals surface area contributed by atoms with Crippen molar-refractivity contribution in [2.75, 3.05) is 5.32 Å². The molecule has 1 aliphatic rings. The van der Waals surface area contributed by atoms with E-state index in [4.69, 9.17) is 9.72 Å². The van der Waals surface area contributed by atoms with Crippen molar-refractivity contribution in [3.8, 4) is 5.69 Å². The Balaban J connectivity index is 1.42. The van der Waals surface area contributed by atoms with Gasteiger partial charge in [0.25, 0.3) is 11.5 Å². The van der Waals surface area contributed by atoms with Gasteiger partial charge in [0.15, 0.2) is 6.10 Å². The SMILES string of the molecule is Cc1c(NC(=O)[C@H](C)OC(=O)c2c3c(nc4ccccc24)CC[C@@H](C)C3)c(=O)n(-c2ccccc2)n1C. The third-order valence-electron chi connectivity index (χ3n) is 7.17. The molecular weight excluding hydrogens is 468 g/mol. The van der Waals surface area contributed by atoms with Crippen LogP contribution in [0.3, 0.4) is 0 Å². The maximum absolute atomic E-state index is 13.5. The van der Waals surface area contributed by atoms with Gasteiger partial charge in [-0.2, -0.15) is 0 Å². The molecule has 0 fully saturated rings. The highest BCUT2D eigenvalue weighted by Gasteiger charge is 2.29. The van der Waals surface area contributed by atoms with Gasteiger partial charge in [0.2, 0.25) is 0 Å². The Hall–Kier alpha value is -4.20. The van der Waals surface area contributed by atoms with E-state index in [0.717, 1.165) is 41.4 Å². The molecule has 2 atom stereocenters. The highest BCUT2D eigenvalue weighted by atomic mass is 16.5. The number of hydrogen-bond acceptors (Lipinski definition) is 5. The van der Waals surface area contributed by atoms with Crippen LogP contribution in [0.5, 0.6) is 0 Å². The van der Waals surface area contributed by atoms with E-state index in [-0.39, 0.29) is 11.2 Å². The second-order valence-corrected chi connectivity index (χ2v) is 9.75. The Morgan fingerprint density at radius 3 is 2.57 bits per heavy atom. The number of aromatic nitrogens is 3. The van der Waals surface area contributed by atoms with E-state index >= 15 is 0 Å². The number of ether oxygens (including phenoxy) is 1. The van der Waals surface area contributed by atoms with E-state index < -0.39 is 18.0 Å². The fourth-order valence-electron chi connectivity index (χ4n) is 5.01. The minimum atomic E-state index is -1.11. The van der Waals surface area contributed by atoms with Crippen LogP contribution in [0.4, 0.5) is 5.69 Å². The molecule has 0 aliphatic heterocycles. The number of para-hydroxylation sites is 2. The lowest BCUT2D eigenvalue weighted by atomic mass is 9.84.